The molecule has 1 fully saturated rings. The molecule has 2 aliphatic heterocycles. The molecule has 2 heterocycles. The number of aliphatic hydroxyl groups excluding tert-OH is 1. The molecular formula is C46H49N3O7Si. The van der Waals surface area contributed by atoms with Gasteiger partial charge in [0.15, 0.2) is 5.60 Å². The number of benzene rings is 5. The largest absolute Gasteiger partial charge is 0.497 e. The van der Waals surface area contributed by atoms with E-state index in [2.05, 4.69) is 37.5 Å². The smallest absolute Gasteiger partial charge is 0.268 e. The fourth-order valence-corrected chi connectivity index (χ4v) is 12.8. The van der Waals surface area contributed by atoms with Gasteiger partial charge >= 0.3 is 0 Å². The van der Waals surface area contributed by atoms with Crippen LogP contribution in [0.15, 0.2) is 127 Å². The van der Waals surface area contributed by atoms with Crippen molar-refractivity contribution in [3.63, 3.8) is 0 Å². The molecule has 7 rings (SSSR count). The van der Waals surface area contributed by atoms with Gasteiger partial charge in [-0.05, 0) is 77.8 Å². The van der Waals surface area contributed by atoms with E-state index in [0.717, 1.165) is 16.5 Å². The van der Waals surface area contributed by atoms with E-state index in [1.165, 1.54) is 0 Å². The fourth-order valence-electron chi connectivity index (χ4n) is 8.81. The lowest BCUT2D eigenvalue weighted by atomic mass is 9.82. The van der Waals surface area contributed by atoms with Gasteiger partial charge in [0.2, 0.25) is 5.91 Å². The number of nitrogens with zero attached hydrogens (tertiary/aromatic N) is 2. The zero-order chi connectivity index (χ0) is 40.3. The molecule has 10 nitrogen and oxygen atoms in total. The Balaban J connectivity index is 1.33. The van der Waals surface area contributed by atoms with Gasteiger partial charge in [-0.1, -0.05) is 85.9 Å². The second-order valence-corrected chi connectivity index (χ2v) is 20.0. The SMILES string of the molecule is COc1ccc(C(=O)Nc2ccc3c(c2)[C@]2(O[C@@H](CC(=O)N(CCO)Cc4ccccc4)[C@H]([Si](C)(C)c4ccc(OC)cc4)[C@H]2C)C(=O)N3c2ccccc2)cc1. The van der Waals surface area contributed by atoms with Crippen LogP contribution >= 0.6 is 0 Å². The molecule has 1 spiro atoms. The summed E-state index contributed by atoms with van der Waals surface area (Å²) >= 11 is 0. The molecule has 2 N–H and O–H groups in total. The number of methoxy groups -OCH3 is 2. The van der Waals surface area contributed by atoms with Gasteiger partial charge in [-0.3, -0.25) is 19.3 Å². The first kappa shape index (κ1) is 39.5. The molecular weight excluding hydrogens is 735 g/mol. The third kappa shape index (κ3) is 7.46. The molecule has 0 aromatic heterocycles. The molecule has 57 heavy (non-hydrogen) atoms. The normalized spacial score (nSPS) is 20.0. The molecule has 0 radical (unpaired) electrons. The Morgan fingerprint density at radius 2 is 1.47 bits per heavy atom. The predicted octanol–water partition coefficient (Wildman–Crippen LogP) is 7.26. The molecule has 0 saturated carbocycles. The molecule has 2 aliphatic rings. The van der Waals surface area contributed by atoms with Crippen LogP contribution in [0.1, 0.15) is 34.8 Å². The van der Waals surface area contributed by atoms with Crippen molar-refractivity contribution >= 4 is 48.0 Å². The fraction of sp³-hybridized carbons (Fsp3) is 0.283. The molecule has 294 valence electrons. The lowest BCUT2D eigenvalue weighted by Gasteiger charge is -2.37. The minimum atomic E-state index is -2.59. The van der Waals surface area contributed by atoms with E-state index < -0.39 is 25.7 Å². The van der Waals surface area contributed by atoms with Crippen LogP contribution < -0.4 is 24.9 Å². The summed E-state index contributed by atoms with van der Waals surface area (Å²) in [6.45, 7) is 6.91. The molecule has 0 bridgehead atoms. The van der Waals surface area contributed by atoms with Crippen LogP contribution in [0, 0.1) is 5.92 Å². The third-order valence-electron chi connectivity index (χ3n) is 11.7. The van der Waals surface area contributed by atoms with E-state index in [1.807, 2.05) is 84.9 Å². The summed E-state index contributed by atoms with van der Waals surface area (Å²) in [5, 5.41) is 14.2. The number of rotatable bonds is 13. The highest BCUT2D eigenvalue weighted by molar-refractivity contribution is 6.91. The molecule has 3 amide bonds. The topological polar surface area (TPSA) is 118 Å². The summed E-state index contributed by atoms with van der Waals surface area (Å²) in [6.07, 6.45) is -0.642. The highest BCUT2D eigenvalue weighted by Crippen LogP contribution is 2.61. The quantitative estimate of drug-likeness (QED) is 0.121. The highest BCUT2D eigenvalue weighted by atomic mass is 28.3. The van der Waals surface area contributed by atoms with Crippen LogP contribution in [0.4, 0.5) is 17.1 Å². The number of hydrogen-bond donors (Lipinski definition) is 2. The van der Waals surface area contributed by atoms with Crippen LogP contribution in [-0.4, -0.2) is 69.3 Å². The number of ether oxygens (including phenoxy) is 3. The number of carbonyl (C=O) groups is 3. The van der Waals surface area contributed by atoms with Crippen LogP contribution in [0.25, 0.3) is 0 Å². The Labute approximate surface area is 335 Å². The Bertz CT molecular complexity index is 2220. The number of fused-ring (bicyclic) bond motifs is 2. The standard InChI is InChI=1S/C46H49N3O7Si/c1-31-43(57(4,5)38-23-21-37(55-3)22-24-38)41(29-42(51)48(26-27-50)30-32-12-8-6-9-13-32)56-46(31)39-28-34(47-44(52)33-16-19-36(54-2)20-17-33)18-25-40(39)49(45(46)53)35-14-10-7-11-15-35/h6-25,28,31,41,43,50H,26-27,29-30H2,1-5H3,(H,47,52)/t31-,41+,43-,46+/m1/s1. The maximum absolute atomic E-state index is 15.4. The first-order chi connectivity index (χ1) is 27.5. The van der Waals surface area contributed by atoms with Crippen molar-refractivity contribution in [1.82, 2.24) is 4.90 Å². The summed E-state index contributed by atoms with van der Waals surface area (Å²) in [5.74, 6) is 0.260. The number of amides is 3. The van der Waals surface area contributed by atoms with Crippen molar-refractivity contribution in [2.45, 2.75) is 50.2 Å². The summed E-state index contributed by atoms with van der Waals surface area (Å²) in [6, 6.07) is 39.6. The monoisotopic (exact) mass is 783 g/mol. The molecule has 0 aliphatic carbocycles. The Kier molecular flexibility index (Phi) is 11.3. The van der Waals surface area contributed by atoms with Crippen molar-refractivity contribution in [1.29, 1.82) is 0 Å². The lowest BCUT2D eigenvalue weighted by Crippen LogP contribution is -2.52. The summed E-state index contributed by atoms with van der Waals surface area (Å²) < 4.78 is 18.0. The second kappa shape index (κ2) is 16.4. The Hall–Kier alpha value is -5.75. The van der Waals surface area contributed by atoms with Crippen molar-refractivity contribution in [3.8, 4) is 11.5 Å². The van der Waals surface area contributed by atoms with Gasteiger partial charge in [-0.2, -0.15) is 0 Å². The highest BCUT2D eigenvalue weighted by Gasteiger charge is 2.67. The van der Waals surface area contributed by atoms with E-state index in [9.17, 15) is 14.7 Å². The first-order valence-corrected chi connectivity index (χ1v) is 22.3. The van der Waals surface area contributed by atoms with Gasteiger partial charge in [0.05, 0.1) is 47.1 Å². The molecule has 5 aromatic carbocycles. The van der Waals surface area contributed by atoms with Crippen molar-refractivity contribution in [2.75, 3.05) is 37.6 Å². The number of hydrogen-bond acceptors (Lipinski definition) is 7. The molecule has 11 heteroatoms. The van der Waals surface area contributed by atoms with E-state index in [4.69, 9.17) is 14.2 Å². The maximum atomic E-state index is 15.4. The van der Waals surface area contributed by atoms with Gasteiger partial charge in [0.1, 0.15) is 11.5 Å². The van der Waals surface area contributed by atoms with Crippen LogP contribution in [0.3, 0.4) is 0 Å². The minimum absolute atomic E-state index is 0.0119. The van der Waals surface area contributed by atoms with Crippen molar-refractivity contribution in [3.05, 3.63) is 144 Å². The van der Waals surface area contributed by atoms with Crippen LogP contribution in [-0.2, 0) is 26.5 Å². The molecule has 0 unspecified atom stereocenters. The zero-order valence-electron chi connectivity index (χ0n) is 33.0. The van der Waals surface area contributed by atoms with E-state index >= 15 is 4.79 Å². The van der Waals surface area contributed by atoms with Crippen LogP contribution in [0.5, 0.6) is 11.5 Å². The average molecular weight is 784 g/mol. The molecule has 1 saturated heterocycles. The van der Waals surface area contributed by atoms with Crippen molar-refractivity contribution < 1.29 is 33.7 Å². The maximum Gasteiger partial charge on any atom is 0.268 e. The number of anilines is 3. The number of nitrogens with one attached hydrogen (secondary N) is 1. The zero-order valence-corrected chi connectivity index (χ0v) is 34.0. The van der Waals surface area contributed by atoms with Crippen molar-refractivity contribution in [2.24, 2.45) is 5.92 Å². The lowest BCUT2D eigenvalue weighted by molar-refractivity contribution is -0.149. The predicted molar refractivity (Wildman–Crippen MR) is 224 cm³/mol. The average Bonchev–Trinajstić information content (AvgIpc) is 3.67. The van der Waals surface area contributed by atoms with E-state index in [0.29, 0.717) is 40.5 Å². The first-order valence-electron chi connectivity index (χ1n) is 19.3. The number of carbonyl (C=O) groups excluding carboxylic acids is 3. The summed E-state index contributed by atoms with van der Waals surface area (Å²) in [7, 11) is 0.619. The third-order valence-corrected chi connectivity index (χ3v) is 16.0. The molecule has 4 atom stereocenters. The second-order valence-electron chi connectivity index (χ2n) is 15.3. The summed E-state index contributed by atoms with van der Waals surface area (Å²) in [4.78, 5) is 46.7. The number of para-hydroxylation sites is 1. The Morgan fingerprint density at radius 3 is 2.09 bits per heavy atom. The van der Waals surface area contributed by atoms with Gasteiger partial charge < -0.3 is 29.5 Å². The van der Waals surface area contributed by atoms with Gasteiger partial charge in [0.25, 0.3) is 11.8 Å². The molecule has 5 aromatic rings. The van der Waals surface area contributed by atoms with E-state index in [-0.39, 0.29) is 42.8 Å². The van der Waals surface area contributed by atoms with Gasteiger partial charge in [-0.15, -0.1) is 0 Å². The number of aliphatic hydroxyl groups is 1. The Morgan fingerprint density at radius 1 is 0.860 bits per heavy atom. The van der Waals surface area contributed by atoms with E-state index in [1.54, 1.807) is 54.4 Å². The van der Waals surface area contributed by atoms with Gasteiger partial charge in [0, 0.05) is 41.5 Å². The minimum Gasteiger partial charge on any atom is -0.497 e. The van der Waals surface area contributed by atoms with Crippen LogP contribution in [0.2, 0.25) is 18.6 Å². The van der Waals surface area contributed by atoms with Gasteiger partial charge in [-0.25, -0.2) is 0 Å². The summed E-state index contributed by atoms with van der Waals surface area (Å²) in [5.41, 5.74) is 2.18.